The summed E-state index contributed by atoms with van der Waals surface area (Å²) in [5, 5.41) is 11.0. The quantitative estimate of drug-likeness (QED) is 0.899. The lowest BCUT2D eigenvalue weighted by molar-refractivity contribution is -0.125. The van der Waals surface area contributed by atoms with Crippen LogP contribution in [0.2, 0.25) is 0 Å². The van der Waals surface area contributed by atoms with Crippen LogP contribution in [0.1, 0.15) is 18.7 Å². The fraction of sp³-hybridized carbons (Fsp3) is 0.471. The van der Waals surface area contributed by atoms with Crippen LogP contribution in [0.25, 0.3) is 11.5 Å². The molecule has 1 N–H and O–H groups in total. The average molecular weight is 330 g/mol. The Hall–Kier alpha value is -2.41. The molecule has 1 aliphatic rings. The first-order valence-corrected chi connectivity index (χ1v) is 8.10. The minimum atomic E-state index is 0.115. The summed E-state index contributed by atoms with van der Waals surface area (Å²) in [6.07, 6.45) is 1.72. The van der Waals surface area contributed by atoms with Crippen molar-refractivity contribution < 1.29 is 13.9 Å². The molecule has 1 aromatic carbocycles. The smallest absolute Gasteiger partial charge is 0.247 e. The normalized spacial score (nSPS) is 16.1. The van der Waals surface area contributed by atoms with Crippen LogP contribution in [0.5, 0.6) is 5.75 Å². The van der Waals surface area contributed by atoms with Crippen molar-refractivity contribution >= 4 is 5.91 Å². The standard InChI is InChI=1S/C17H22N4O3/c1-18-16(22)12-7-9-21(10-8-12)11-15-19-20-17(24-15)13-3-5-14(23-2)6-4-13/h3-6,12H,7-11H2,1-2H3,(H,18,22). The molecule has 0 unspecified atom stereocenters. The van der Waals surface area contributed by atoms with Crippen LogP contribution in [0.3, 0.4) is 0 Å². The van der Waals surface area contributed by atoms with Gasteiger partial charge in [0.15, 0.2) is 0 Å². The number of methoxy groups -OCH3 is 1. The van der Waals surface area contributed by atoms with Crippen molar-refractivity contribution in [1.82, 2.24) is 20.4 Å². The van der Waals surface area contributed by atoms with Gasteiger partial charge < -0.3 is 14.5 Å². The van der Waals surface area contributed by atoms with Crippen LogP contribution >= 0.6 is 0 Å². The first-order valence-electron chi connectivity index (χ1n) is 8.10. The fourth-order valence-electron chi connectivity index (χ4n) is 2.92. The molecule has 2 heterocycles. The number of amides is 1. The minimum Gasteiger partial charge on any atom is -0.497 e. The first-order chi connectivity index (χ1) is 11.7. The molecular formula is C17H22N4O3. The largest absolute Gasteiger partial charge is 0.497 e. The van der Waals surface area contributed by atoms with Gasteiger partial charge in [0, 0.05) is 18.5 Å². The Morgan fingerprint density at radius 2 is 2.00 bits per heavy atom. The van der Waals surface area contributed by atoms with Gasteiger partial charge >= 0.3 is 0 Å². The van der Waals surface area contributed by atoms with Gasteiger partial charge in [-0.05, 0) is 50.2 Å². The third kappa shape index (κ3) is 3.73. The van der Waals surface area contributed by atoms with E-state index in [9.17, 15) is 4.79 Å². The van der Waals surface area contributed by atoms with E-state index in [0.29, 0.717) is 18.3 Å². The molecule has 0 radical (unpaired) electrons. The number of hydrogen-bond acceptors (Lipinski definition) is 6. The van der Waals surface area contributed by atoms with Crippen LogP contribution < -0.4 is 10.1 Å². The van der Waals surface area contributed by atoms with Gasteiger partial charge in [0.25, 0.3) is 0 Å². The molecule has 0 aliphatic carbocycles. The molecule has 1 aliphatic heterocycles. The molecule has 2 aromatic rings. The zero-order chi connectivity index (χ0) is 16.9. The fourth-order valence-corrected chi connectivity index (χ4v) is 2.92. The minimum absolute atomic E-state index is 0.115. The summed E-state index contributed by atoms with van der Waals surface area (Å²) in [5.41, 5.74) is 0.868. The maximum Gasteiger partial charge on any atom is 0.247 e. The molecule has 7 nitrogen and oxygen atoms in total. The number of nitrogens with zero attached hydrogens (tertiary/aromatic N) is 3. The van der Waals surface area contributed by atoms with Gasteiger partial charge in [-0.3, -0.25) is 9.69 Å². The Bertz CT molecular complexity index is 675. The molecule has 1 saturated heterocycles. The van der Waals surface area contributed by atoms with Gasteiger partial charge in [-0.2, -0.15) is 0 Å². The van der Waals surface area contributed by atoms with Crippen molar-refractivity contribution in [2.24, 2.45) is 5.92 Å². The van der Waals surface area contributed by atoms with Crippen LogP contribution in [0.15, 0.2) is 28.7 Å². The Morgan fingerprint density at radius 1 is 1.29 bits per heavy atom. The number of rotatable bonds is 5. The van der Waals surface area contributed by atoms with E-state index in [1.165, 1.54) is 0 Å². The predicted octanol–water partition coefficient (Wildman–Crippen LogP) is 1.70. The molecule has 1 fully saturated rings. The van der Waals surface area contributed by atoms with Crippen molar-refractivity contribution in [3.63, 3.8) is 0 Å². The molecule has 128 valence electrons. The Labute approximate surface area is 141 Å². The molecule has 0 atom stereocenters. The van der Waals surface area contributed by atoms with Crippen LogP contribution in [0.4, 0.5) is 0 Å². The molecule has 24 heavy (non-hydrogen) atoms. The van der Waals surface area contributed by atoms with Crippen molar-refractivity contribution in [2.45, 2.75) is 19.4 Å². The Kier molecular flexibility index (Phi) is 5.10. The van der Waals surface area contributed by atoms with Crippen LogP contribution in [-0.2, 0) is 11.3 Å². The number of ether oxygens (including phenoxy) is 1. The topological polar surface area (TPSA) is 80.5 Å². The third-order valence-corrected chi connectivity index (χ3v) is 4.37. The van der Waals surface area contributed by atoms with E-state index < -0.39 is 0 Å². The van der Waals surface area contributed by atoms with E-state index in [1.54, 1.807) is 14.2 Å². The summed E-state index contributed by atoms with van der Waals surface area (Å²) >= 11 is 0. The summed E-state index contributed by atoms with van der Waals surface area (Å²) in [4.78, 5) is 13.9. The molecule has 0 spiro atoms. The number of aromatic nitrogens is 2. The zero-order valence-electron chi connectivity index (χ0n) is 14.0. The van der Waals surface area contributed by atoms with Crippen molar-refractivity contribution in [3.8, 4) is 17.2 Å². The van der Waals surface area contributed by atoms with Crippen molar-refractivity contribution in [3.05, 3.63) is 30.2 Å². The molecule has 1 amide bonds. The summed E-state index contributed by atoms with van der Waals surface area (Å²) in [7, 11) is 3.32. The molecule has 3 rings (SSSR count). The molecule has 1 aromatic heterocycles. The number of piperidine rings is 1. The SMILES string of the molecule is CNC(=O)C1CCN(Cc2nnc(-c3ccc(OC)cc3)o2)CC1. The highest BCUT2D eigenvalue weighted by Crippen LogP contribution is 2.23. The lowest BCUT2D eigenvalue weighted by atomic mass is 9.96. The predicted molar refractivity (Wildman–Crippen MR) is 88.4 cm³/mol. The molecule has 0 saturated carbocycles. The van der Waals surface area contributed by atoms with Gasteiger partial charge in [-0.1, -0.05) is 0 Å². The number of nitrogens with one attached hydrogen (secondary N) is 1. The van der Waals surface area contributed by atoms with E-state index in [-0.39, 0.29) is 11.8 Å². The monoisotopic (exact) mass is 330 g/mol. The highest BCUT2D eigenvalue weighted by atomic mass is 16.5. The zero-order valence-corrected chi connectivity index (χ0v) is 14.0. The second-order valence-electron chi connectivity index (χ2n) is 5.89. The van der Waals surface area contributed by atoms with Gasteiger partial charge in [0.2, 0.25) is 17.7 Å². The van der Waals surface area contributed by atoms with Gasteiger partial charge in [0.05, 0.1) is 13.7 Å². The average Bonchev–Trinajstić information content (AvgIpc) is 3.10. The first kappa shape index (κ1) is 16.4. The van der Waals surface area contributed by atoms with Gasteiger partial charge in [-0.15, -0.1) is 10.2 Å². The van der Waals surface area contributed by atoms with Gasteiger partial charge in [-0.25, -0.2) is 0 Å². The highest BCUT2D eigenvalue weighted by molar-refractivity contribution is 5.78. The van der Waals surface area contributed by atoms with E-state index in [1.807, 2.05) is 24.3 Å². The lowest BCUT2D eigenvalue weighted by Gasteiger charge is -2.29. The maximum absolute atomic E-state index is 11.7. The third-order valence-electron chi connectivity index (χ3n) is 4.37. The van der Waals surface area contributed by atoms with Crippen molar-refractivity contribution in [2.75, 3.05) is 27.2 Å². The van der Waals surface area contributed by atoms with E-state index in [0.717, 1.165) is 37.2 Å². The Morgan fingerprint density at radius 3 is 2.62 bits per heavy atom. The second-order valence-corrected chi connectivity index (χ2v) is 5.89. The molecular weight excluding hydrogens is 308 g/mol. The number of benzene rings is 1. The summed E-state index contributed by atoms with van der Waals surface area (Å²) in [5.74, 6) is 2.14. The highest BCUT2D eigenvalue weighted by Gasteiger charge is 2.25. The summed E-state index contributed by atoms with van der Waals surface area (Å²) < 4.78 is 10.9. The molecule has 0 bridgehead atoms. The Balaban J connectivity index is 1.57. The van der Waals surface area contributed by atoms with Crippen LogP contribution in [0, 0.1) is 5.92 Å². The van der Waals surface area contributed by atoms with E-state index in [2.05, 4.69) is 20.4 Å². The van der Waals surface area contributed by atoms with E-state index >= 15 is 0 Å². The lowest BCUT2D eigenvalue weighted by Crippen LogP contribution is -2.39. The number of carbonyl (C=O) groups is 1. The molecule has 7 heteroatoms. The number of likely N-dealkylation sites (tertiary alicyclic amines) is 1. The number of carbonyl (C=O) groups excluding carboxylic acids is 1. The maximum atomic E-state index is 11.7. The summed E-state index contributed by atoms with van der Waals surface area (Å²) in [6, 6.07) is 7.52. The summed E-state index contributed by atoms with van der Waals surface area (Å²) in [6.45, 7) is 2.33. The second kappa shape index (κ2) is 7.44. The van der Waals surface area contributed by atoms with Crippen LogP contribution in [-0.4, -0.2) is 48.3 Å². The van der Waals surface area contributed by atoms with Gasteiger partial charge in [0.1, 0.15) is 5.75 Å². The van der Waals surface area contributed by atoms with Crippen molar-refractivity contribution in [1.29, 1.82) is 0 Å². The number of hydrogen-bond donors (Lipinski definition) is 1. The van der Waals surface area contributed by atoms with E-state index in [4.69, 9.17) is 9.15 Å².